The molecule has 1 aromatic rings. The van der Waals surface area contributed by atoms with E-state index in [4.69, 9.17) is 4.74 Å². The van der Waals surface area contributed by atoms with E-state index < -0.39 is 0 Å². The van der Waals surface area contributed by atoms with Crippen molar-refractivity contribution in [2.75, 3.05) is 33.8 Å². The van der Waals surface area contributed by atoms with Crippen molar-refractivity contribution in [3.63, 3.8) is 0 Å². The molecule has 19 heavy (non-hydrogen) atoms. The molecule has 2 rings (SSSR count). The number of esters is 1. The number of aromatic nitrogens is 1. The van der Waals surface area contributed by atoms with Crippen LogP contribution < -0.4 is 0 Å². The summed E-state index contributed by atoms with van der Waals surface area (Å²) in [6.45, 7) is 5.98. The van der Waals surface area contributed by atoms with Gasteiger partial charge in [-0.05, 0) is 26.1 Å². The van der Waals surface area contributed by atoms with Crippen molar-refractivity contribution in [1.82, 2.24) is 14.8 Å². The summed E-state index contributed by atoms with van der Waals surface area (Å²) in [6.07, 6.45) is 1.72. The van der Waals surface area contributed by atoms with E-state index in [1.54, 1.807) is 18.3 Å². The number of ether oxygens (including phenoxy) is 1. The first-order valence-corrected chi connectivity index (χ1v) is 6.56. The van der Waals surface area contributed by atoms with Gasteiger partial charge in [-0.15, -0.1) is 0 Å². The summed E-state index contributed by atoms with van der Waals surface area (Å²) >= 11 is 0. The van der Waals surface area contributed by atoms with Crippen LogP contribution in [0.1, 0.15) is 23.0 Å². The van der Waals surface area contributed by atoms with Crippen LogP contribution in [0.25, 0.3) is 0 Å². The topological polar surface area (TPSA) is 45.7 Å². The van der Waals surface area contributed by atoms with Gasteiger partial charge in [0, 0.05) is 38.4 Å². The van der Waals surface area contributed by atoms with Gasteiger partial charge in [-0.25, -0.2) is 4.79 Å². The standard InChI is InChI=1S/C14H21N3O2/c1-11-9-16(2)7-8-17(11)10-13-12(14(18)19-3)5-4-6-15-13/h4-6,11H,7-10H2,1-3H3. The minimum absolute atomic E-state index is 0.315. The summed E-state index contributed by atoms with van der Waals surface area (Å²) in [6, 6.07) is 4.00. The third-order valence-corrected chi connectivity index (χ3v) is 3.62. The molecule has 0 spiro atoms. The van der Waals surface area contributed by atoms with E-state index in [1.807, 2.05) is 0 Å². The van der Waals surface area contributed by atoms with E-state index in [9.17, 15) is 4.79 Å². The fourth-order valence-corrected chi connectivity index (χ4v) is 2.46. The van der Waals surface area contributed by atoms with E-state index in [2.05, 4.69) is 28.8 Å². The minimum Gasteiger partial charge on any atom is -0.465 e. The SMILES string of the molecule is COC(=O)c1cccnc1CN1CCN(C)CC1C. The number of pyridine rings is 1. The number of piperazine rings is 1. The lowest BCUT2D eigenvalue weighted by Crippen LogP contribution is -2.50. The highest BCUT2D eigenvalue weighted by molar-refractivity contribution is 5.90. The van der Waals surface area contributed by atoms with Gasteiger partial charge >= 0.3 is 5.97 Å². The van der Waals surface area contributed by atoms with Crippen molar-refractivity contribution in [2.45, 2.75) is 19.5 Å². The first-order valence-electron chi connectivity index (χ1n) is 6.56. The molecule has 1 fully saturated rings. The van der Waals surface area contributed by atoms with Crippen LogP contribution in [-0.2, 0) is 11.3 Å². The van der Waals surface area contributed by atoms with Crippen molar-refractivity contribution in [2.24, 2.45) is 0 Å². The molecule has 104 valence electrons. The van der Waals surface area contributed by atoms with Gasteiger partial charge in [-0.3, -0.25) is 9.88 Å². The molecule has 1 aromatic heterocycles. The van der Waals surface area contributed by atoms with Crippen molar-refractivity contribution in [1.29, 1.82) is 0 Å². The van der Waals surface area contributed by atoms with Crippen LogP contribution in [0.15, 0.2) is 18.3 Å². The molecule has 0 radical (unpaired) electrons. The molecule has 0 amide bonds. The van der Waals surface area contributed by atoms with Crippen LogP contribution in [0, 0.1) is 0 Å². The van der Waals surface area contributed by atoms with E-state index in [1.165, 1.54) is 7.11 Å². The second-order valence-electron chi connectivity index (χ2n) is 5.07. The molecule has 1 saturated heterocycles. The Bertz CT molecular complexity index is 450. The average molecular weight is 263 g/mol. The fraction of sp³-hybridized carbons (Fsp3) is 0.571. The number of carbonyl (C=O) groups excluding carboxylic acids is 1. The van der Waals surface area contributed by atoms with Gasteiger partial charge in [0.2, 0.25) is 0 Å². The molecule has 5 heteroatoms. The molecule has 1 atom stereocenters. The van der Waals surface area contributed by atoms with Gasteiger partial charge in [0.25, 0.3) is 0 Å². The zero-order chi connectivity index (χ0) is 13.8. The number of rotatable bonds is 3. The predicted molar refractivity (Wildman–Crippen MR) is 72.9 cm³/mol. The Balaban J connectivity index is 2.13. The smallest absolute Gasteiger partial charge is 0.339 e. The molecule has 2 heterocycles. The van der Waals surface area contributed by atoms with Crippen molar-refractivity contribution >= 4 is 5.97 Å². The summed E-state index contributed by atoms with van der Waals surface area (Å²) in [5, 5.41) is 0. The summed E-state index contributed by atoms with van der Waals surface area (Å²) in [5.74, 6) is -0.315. The lowest BCUT2D eigenvalue weighted by Gasteiger charge is -2.38. The summed E-state index contributed by atoms with van der Waals surface area (Å²) < 4.78 is 4.80. The molecule has 1 aliphatic rings. The molecule has 0 bridgehead atoms. The Morgan fingerprint density at radius 2 is 2.32 bits per heavy atom. The number of methoxy groups -OCH3 is 1. The number of hydrogen-bond acceptors (Lipinski definition) is 5. The fourth-order valence-electron chi connectivity index (χ4n) is 2.46. The second-order valence-corrected chi connectivity index (χ2v) is 5.07. The predicted octanol–water partition coefficient (Wildman–Crippen LogP) is 1.00. The number of likely N-dealkylation sites (N-methyl/N-ethyl adjacent to an activating group) is 1. The molecule has 5 nitrogen and oxygen atoms in total. The summed E-state index contributed by atoms with van der Waals surface area (Å²) in [4.78, 5) is 20.7. The number of carbonyl (C=O) groups is 1. The minimum atomic E-state index is -0.315. The van der Waals surface area contributed by atoms with Crippen LogP contribution in [0.4, 0.5) is 0 Å². The van der Waals surface area contributed by atoms with Crippen LogP contribution in [0.2, 0.25) is 0 Å². The molecule has 0 aliphatic carbocycles. The van der Waals surface area contributed by atoms with Crippen molar-refractivity contribution in [3.8, 4) is 0 Å². The Morgan fingerprint density at radius 3 is 3.00 bits per heavy atom. The Morgan fingerprint density at radius 1 is 1.53 bits per heavy atom. The summed E-state index contributed by atoms with van der Waals surface area (Å²) in [5.41, 5.74) is 1.36. The molecule has 1 aliphatic heterocycles. The van der Waals surface area contributed by atoms with Gasteiger partial charge in [-0.2, -0.15) is 0 Å². The Kier molecular flexibility index (Phi) is 4.50. The number of hydrogen-bond donors (Lipinski definition) is 0. The van der Waals surface area contributed by atoms with Crippen LogP contribution in [-0.4, -0.2) is 60.6 Å². The molecule has 0 saturated carbocycles. The average Bonchev–Trinajstić information content (AvgIpc) is 2.41. The zero-order valence-electron chi connectivity index (χ0n) is 11.8. The summed E-state index contributed by atoms with van der Waals surface area (Å²) in [7, 11) is 3.53. The van der Waals surface area contributed by atoms with Crippen molar-refractivity contribution in [3.05, 3.63) is 29.6 Å². The van der Waals surface area contributed by atoms with Crippen LogP contribution in [0.5, 0.6) is 0 Å². The third kappa shape index (κ3) is 3.30. The van der Waals surface area contributed by atoms with Crippen molar-refractivity contribution < 1.29 is 9.53 Å². The number of nitrogens with zero attached hydrogens (tertiary/aromatic N) is 3. The van der Waals surface area contributed by atoms with Gasteiger partial charge in [-0.1, -0.05) is 0 Å². The normalized spacial score (nSPS) is 21.3. The second kappa shape index (κ2) is 6.12. The van der Waals surface area contributed by atoms with Crippen LogP contribution >= 0.6 is 0 Å². The Labute approximate surface area is 114 Å². The largest absolute Gasteiger partial charge is 0.465 e. The maximum atomic E-state index is 11.7. The molecular weight excluding hydrogens is 242 g/mol. The van der Waals surface area contributed by atoms with Gasteiger partial charge in [0.15, 0.2) is 0 Å². The molecule has 0 aromatic carbocycles. The molecule has 0 N–H and O–H groups in total. The monoisotopic (exact) mass is 263 g/mol. The lowest BCUT2D eigenvalue weighted by molar-refractivity contribution is 0.0592. The van der Waals surface area contributed by atoms with Gasteiger partial charge in [0.1, 0.15) is 0 Å². The first kappa shape index (κ1) is 14.0. The highest BCUT2D eigenvalue weighted by Gasteiger charge is 2.23. The zero-order valence-corrected chi connectivity index (χ0v) is 11.8. The maximum absolute atomic E-state index is 11.7. The quantitative estimate of drug-likeness (QED) is 0.761. The molecule has 1 unspecified atom stereocenters. The van der Waals surface area contributed by atoms with Crippen LogP contribution in [0.3, 0.4) is 0 Å². The first-order chi connectivity index (χ1) is 9.11. The van der Waals surface area contributed by atoms with E-state index >= 15 is 0 Å². The molecular formula is C14H21N3O2. The highest BCUT2D eigenvalue weighted by Crippen LogP contribution is 2.15. The highest BCUT2D eigenvalue weighted by atomic mass is 16.5. The van der Waals surface area contributed by atoms with E-state index in [0.29, 0.717) is 18.2 Å². The van der Waals surface area contributed by atoms with E-state index in [0.717, 1.165) is 25.3 Å². The lowest BCUT2D eigenvalue weighted by atomic mass is 10.1. The maximum Gasteiger partial charge on any atom is 0.339 e. The third-order valence-electron chi connectivity index (χ3n) is 3.62. The van der Waals surface area contributed by atoms with Gasteiger partial charge in [0.05, 0.1) is 18.4 Å². The van der Waals surface area contributed by atoms with Gasteiger partial charge < -0.3 is 9.64 Å². The van der Waals surface area contributed by atoms with E-state index in [-0.39, 0.29) is 5.97 Å². The Hall–Kier alpha value is -1.46.